The van der Waals surface area contributed by atoms with E-state index in [9.17, 15) is 9.59 Å². The van der Waals surface area contributed by atoms with E-state index in [2.05, 4.69) is 11.4 Å². The average molecular weight is 395 g/mol. The first-order valence-corrected chi connectivity index (χ1v) is 9.54. The van der Waals surface area contributed by atoms with Crippen LogP contribution in [0.3, 0.4) is 0 Å². The molecular weight excluding hydrogens is 370 g/mol. The van der Waals surface area contributed by atoms with Crippen molar-refractivity contribution in [1.29, 1.82) is 0 Å². The van der Waals surface area contributed by atoms with Crippen LogP contribution in [0.5, 0.6) is 11.5 Å². The Balaban J connectivity index is 1.51. The third-order valence-electron chi connectivity index (χ3n) is 4.87. The summed E-state index contributed by atoms with van der Waals surface area (Å²) >= 11 is 0. The molecule has 0 bridgehead atoms. The van der Waals surface area contributed by atoms with E-state index >= 15 is 0 Å². The van der Waals surface area contributed by atoms with Gasteiger partial charge in [-0.15, -0.1) is 0 Å². The minimum absolute atomic E-state index is 0.0338. The number of benzene rings is 2. The van der Waals surface area contributed by atoms with Gasteiger partial charge in [0.25, 0.3) is 5.91 Å². The number of ether oxygens (including phenoxy) is 3. The van der Waals surface area contributed by atoms with Gasteiger partial charge in [0.2, 0.25) is 0 Å². The first-order valence-electron chi connectivity index (χ1n) is 9.54. The van der Waals surface area contributed by atoms with Crippen LogP contribution in [0.1, 0.15) is 35.6 Å². The van der Waals surface area contributed by atoms with Crippen molar-refractivity contribution in [1.82, 2.24) is 5.32 Å². The molecule has 6 heteroatoms. The maximum absolute atomic E-state index is 12.2. The van der Waals surface area contributed by atoms with Gasteiger partial charge in [0, 0.05) is 6.08 Å². The molecule has 0 fully saturated rings. The fourth-order valence-corrected chi connectivity index (χ4v) is 3.45. The molecule has 0 spiro atoms. The number of rotatable bonds is 7. The molecule has 1 aliphatic rings. The molecule has 1 amide bonds. The number of hydrogen-bond donors (Lipinski definition) is 1. The van der Waals surface area contributed by atoms with Gasteiger partial charge in [-0.3, -0.25) is 4.79 Å². The molecule has 152 valence electrons. The van der Waals surface area contributed by atoms with Crippen LogP contribution in [0.4, 0.5) is 0 Å². The number of methoxy groups -OCH3 is 2. The molecular formula is C23H25NO5. The van der Waals surface area contributed by atoms with Gasteiger partial charge >= 0.3 is 5.97 Å². The molecule has 0 aliphatic heterocycles. The summed E-state index contributed by atoms with van der Waals surface area (Å²) in [5.41, 5.74) is 3.16. The largest absolute Gasteiger partial charge is 0.493 e. The van der Waals surface area contributed by atoms with Crippen LogP contribution in [0, 0.1) is 0 Å². The Kier molecular flexibility index (Phi) is 6.89. The number of carbonyl (C=O) groups excluding carboxylic acids is 2. The molecule has 0 heterocycles. The third kappa shape index (κ3) is 5.38. The predicted octanol–water partition coefficient (Wildman–Crippen LogP) is 3.45. The summed E-state index contributed by atoms with van der Waals surface area (Å²) in [6.45, 7) is -0.312. The van der Waals surface area contributed by atoms with E-state index in [1.807, 2.05) is 18.2 Å². The molecule has 6 nitrogen and oxygen atoms in total. The van der Waals surface area contributed by atoms with Crippen LogP contribution in [0.2, 0.25) is 0 Å². The summed E-state index contributed by atoms with van der Waals surface area (Å²) in [6, 6.07) is 13.4. The van der Waals surface area contributed by atoms with Gasteiger partial charge in [0.15, 0.2) is 18.1 Å². The van der Waals surface area contributed by atoms with Crippen LogP contribution in [-0.2, 0) is 20.7 Å². The molecule has 1 atom stereocenters. The molecule has 2 aromatic carbocycles. The van der Waals surface area contributed by atoms with E-state index in [4.69, 9.17) is 14.2 Å². The van der Waals surface area contributed by atoms with Crippen molar-refractivity contribution in [2.24, 2.45) is 0 Å². The zero-order chi connectivity index (χ0) is 20.6. The van der Waals surface area contributed by atoms with Gasteiger partial charge in [-0.2, -0.15) is 0 Å². The zero-order valence-corrected chi connectivity index (χ0v) is 16.6. The quantitative estimate of drug-likeness (QED) is 0.574. The predicted molar refractivity (Wildman–Crippen MR) is 110 cm³/mol. The number of aryl methyl sites for hydroxylation is 1. The van der Waals surface area contributed by atoms with Crippen LogP contribution < -0.4 is 14.8 Å². The SMILES string of the molecule is COc1ccc(C=CC(=O)OCC(=O)NC2CCCc3ccccc32)cc1OC. The number of fused-ring (bicyclic) bond motifs is 1. The fraction of sp³-hybridized carbons (Fsp3) is 0.304. The summed E-state index contributed by atoms with van der Waals surface area (Å²) in [7, 11) is 3.10. The highest BCUT2D eigenvalue weighted by Gasteiger charge is 2.21. The van der Waals surface area contributed by atoms with Crippen molar-refractivity contribution in [3.8, 4) is 11.5 Å². The van der Waals surface area contributed by atoms with Crippen molar-refractivity contribution in [3.63, 3.8) is 0 Å². The summed E-state index contributed by atoms with van der Waals surface area (Å²) in [5.74, 6) is 0.280. The Morgan fingerprint density at radius 2 is 1.90 bits per heavy atom. The molecule has 2 aromatic rings. The van der Waals surface area contributed by atoms with Gasteiger partial charge in [-0.25, -0.2) is 4.79 Å². The lowest BCUT2D eigenvalue weighted by molar-refractivity contribution is -0.144. The summed E-state index contributed by atoms with van der Waals surface area (Å²) in [5, 5.41) is 2.96. The number of hydrogen-bond acceptors (Lipinski definition) is 5. The second-order valence-electron chi connectivity index (χ2n) is 6.77. The summed E-state index contributed by atoms with van der Waals surface area (Å²) in [6.07, 6.45) is 5.81. The van der Waals surface area contributed by atoms with Crippen molar-refractivity contribution < 1.29 is 23.8 Å². The van der Waals surface area contributed by atoms with Gasteiger partial charge < -0.3 is 19.5 Å². The zero-order valence-electron chi connectivity index (χ0n) is 16.6. The number of esters is 1. The average Bonchev–Trinajstić information content (AvgIpc) is 2.76. The number of amides is 1. The van der Waals surface area contributed by atoms with E-state index in [0.29, 0.717) is 11.5 Å². The smallest absolute Gasteiger partial charge is 0.331 e. The first kappa shape index (κ1) is 20.5. The second-order valence-corrected chi connectivity index (χ2v) is 6.77. The first-order chi connectivity index (χ1) is 14.1. The second kappa shape index (κ2) is 9.78. The minimum Gasteiger partial charge on any atom is -0.493 e. The summed E-state index contributed by atoms with van der Waals surface area (Å²) in [4.78, 5) is 24.2. The van der Waals surface area contributed by atoms with Crippen molar-refractivity contribution >= 4 is 18.0 Å². The highest BCUT2D eigenvalue weighted by molar-refractivity contribution is 5.89. The van der Waals surface area contributed by atoms with E-state index in [1.165, 1.54) is 11.6 Å². The highest BCUT2D eigenvalue weighted by Crippen LogP contribution is 2.29. The molecule has 0 saturated heterocycles. The van der Waals surface area contributed by atoms with Gasteiger partial charge in [0.1, 0.15) is 0 Å². The molecule has 1 N–H and O–H groups in total. The Hall–Kier alpha value is -3.28. The molecule has 1 unspecified atom stereocenters. The van der Waals surface area contributed by atoms with Crippen LogP contribution in [0.25, 0.3) is 6.08 Å². The van der Waals surface area contributed by atoms with Gasteiger partial charge in [-0.1, -0.05) is 30.3 Å². The van der Waals surface area contributed by atoms with Crippen LogP contribution in [-0.4, -0.2) is 32.7 Å². The van der Waals surface area contributed by atoms with Gasteiger partial charge in [0.05, 0.1) is 20.3 Å². The van der Waals surface area contributed by atoms with E-state index in [0.717, 1.165) is 30.4 Å². The Bertz CT molecular complexity index is 906. The van der Waals surface area contributed by atoms with Crippen molar-refractivity contribution in [3.05, 3.63) is 65.2 Å². The van der Waals surface area contributed by atoms with Gasteiger partial charge in [-0.05, 0) is 54.2 Å². The molecule has 29 heavy (non-hydrogen) atoms. The van der Waals surface area contributed by atoms with E-state index in [-0.39, 0.29) is 18.6 Å². The lowest BCUT2D eigenvalue weighted by atomic mass is 9.88. The standard InChI is InChI=1S/C23H25NO5/c1-27-20-12-10-16(14-21(20)28-2)11-13-23(26)29-15-22(25)24-19-9-5-7-17-6-3-4-8-18(17)19/h3-4,6,8,10-14,19H,5,7,9,15H2,1-2H3,(H,24,25). The maximum atomic E-state index is 12.2. The lowest BCUT2D eigenvalue weighted by Crippen LogP contribution is -2.34. The van der Waals surface area contributed by atoms with Crippen molar-refractivity contribution in [2.45, 2.75) is 25.3 Å². The Morgan fingerprint density at radius 1 is 1.10 bits per heavy atom. The van der Waals surface area contributed by atoms with Crippen LogP contribution >= 0.6 is 0 Å². The Labute approximate surface area is 170 Å². The normalized spacial score (nSPS) is 15.4. The lowest BCUT2D eigenvalue weighted by Gasteiger charge is -2.26. The molecule has 0 radical (unpaired) electrons. The molecule has 0 saturated carbocycles. The Morgan fingerprint density at radius 3 is 2.69 bits per heavy atom. The number of nitrogens with one attached hydrogen (secondary N) is 1. The summed E-state index contributed by atoms with van der Waals surface area (Å²) < 4.78 is 15.5. The third-order valence-corrected chi connectivity index (χ3v) is 4.87. The molecule has 0 aromatic heterocycles. The molecule has 3 rings (SSSR count). The fourth-order valence-electron chi connectivity index (χ4n) is 3.45. The monoisotopic (exact) mass is 395 g/mol. The van der Waals surface area contributed by atoms with E-state index in [1.54, 1.807) is 38.5 Å². The van der Waals surface area contributed by atoms with Crippen molar-refractivity contribution in [2.75, 3.05) is 20.8 Å². The van der Waals surface area contributed by atoms with E-state index < -0.39 is 5.97 Å². The maximum Gasteiger partial charge on any atom is 0.331 e. The number of carbonyl (C=O) groups is 2. The van der Waals surface area contributed by atoms with Crippen LogP contribution in [0.15, 0.2) is 48.5 Å². The molecule has 1 aliphatic carbocycles. The highest BCUT2D eigenvalue weighted by atomic mass is 16.5. The minimum atomic E-state index is -0.584. The topological polar surface area (TPSA) is 73.9 Å².